The summed E-state index contributed by atoms with van der Waals surface area (Å²) in [6, 6.07) is 0. The van der Waals surface area contributed by atoms with Crippen molar-refractivity contribution >= 4 is 28.0 Å². The summed E-state index contributed by atoms with van der Waals surface area (Å²) in [7, 11) is -3.29. The molecular formula is C26H43N4O2PSi. The summed E-state index contributed by atoms with van der Waals surface area (Å²) in [5.41, 5.74) is 3.43. The number of rotatable bonds is 6. The molecular weight excluding hydrogens is 459 g/mol. The number of carbonyl (C=O) groups excluding carboxylic acids is 1. The Bertz CT molecular complexity index is 899. The van der Waals surface area contributed by atoms with Gasteiger partial charge in [0.25, 0.3) is 8.32 Å². The first-order valence-corrected chi connectivity index (χ1v) is 17.0. The first-order valence-electron chi connectivity index (χ1n) is 13.5. The van der Waals surface area contributed by atoms with Crippen molar-refractivity contribution in [2.24, 2.45) is 38.5 Å². The molecule has 0 N–H and O–H groups in total. The number of amides is 1. The maximum atomic E-state index is 12.7. The van der Waals surface area contributed by atoms with E-state index in [0.717, 1.165) is 34.7 Å². The molecule has 4 fully saturated rings. The predicted molar refractivity (Wildman–Crippen MR) is 141 cm³/mol. The number of allylic oxidation sites excluding steroid dienone is 1. The number of nitrogens with zero attached hydrogens (tertiary/aromatic N) is 4. The standard InChI is InChI=1S/C26H43N4O2PSi/c1-15(2)34(16(3)4,17(5)6)32-23(26-12-20-9-21(13-26)11-22(10-20)14-26)25-28-27-24-18(7)29-30(19(8)31)33(24)25/h15-17,20-22,24H,9-14H2,1-8H3/b25-23+. The number of hydrogen-bond donors (Lipinski definition) is 0. The van der Waals surface area contributed by atoms with Crippen LogP contribution in [0.15, 0.2) is 26.5 Å². The van der Waals surface area contributed by atoms with Crippen LogP contribution in [-0.4, -0.2) is 30.5 Å². The van der Waals surface area contributed by atoms with E-state index in [1.165, 1.54) is 38.5 Å². The summed E-state index contributed by atoms with van der Waals surface area (Å²) >= 11 is 0. The highest BCUT2D eigenvalue weighted by Gasteiger charge is 2.59. The summed E-state index contributed by atoms with van der Waals surface area (Å²) in [5, 5.41) is 14.2. The maximum Gasteiger partial charge on any atom is 0.258 e. The van der Waals surface area contributed by atoms with Gasteiger partial charge in [-0.15, -0.1) is 5.11 Å². The van der Waals surface area contributed by atoms with Gasteiger partial charge < -0.3 is 4.43 Å². The van der Waals surface area contributed by atoms with Crippen molar-refractivity contribution in [3.05, 3.63) is 11.2 Å². The molecule has 2 unspecified atom stereocenters. The highest BCUT2D eigenvalue weighted by molar-refractivity contribution is 7.62. The van der Waals surface area contributed by atoms with Gasteiger partial charge in [0.15, 0.2) is 5.78 Å². The first kappa shape index (κ1) is 24.6. The monoisotopic (exact) mass is 502 g/mol. The van der Waals surface area contributed by atoms with Crippen molar-refractivity contribution < 1.29 is 9.22 Å². The Kier molecular flexibility index (Phi) is 6.16. The largest absolute Gasteiger partial charge is 0.544 e. The Morgan fingerprint density at radius 3 is 1.94 bits per heavy atom. The Balaban J connectivity index is 1.68. The molecule has 2 aliphatic heterocycles. The molecule has 0 radical (unpaired) electrons. The Hall–Kier alpha value is -1.07. The van der Waals surface area contributed by atoms with Crippen LogP contribution in [0.1, 0.15) is 93.9 Å². The molecule has 1 amide bonds. The molecule has 2 heterocycles. The highest BCUT2D eigenvalue weighted by atomic mass is 31.1. The minimum absolute atomic E-state index is 0.0114. The summed E-state index contributed by atoms with van der Waals surface area (Å²) in [5.74, 6) is 3.48. The molecule has 8 heteroatoms. The number of hydrogen-bond acceptors (Lipinski definition) is 5. The third kappa shape index (κ3) is 3.58. The Morgan fingerprint density at radius 2 is 1.50 bits per heavy atom. The van der Waals surface area contributed by atoms with E-state index < -0.39 is 16.4 Å². The van der Waals surface area contributed by atoms with Crippen LogP contribution >= 0.6 is 8.07 Å². The number of hydrazone groups is 1. The third-order valence-corrected chi connectivity index (χ3v) is 17.9. The second-order valence-corrected chi connectivity index (χ2v) is 20.1. The fourth-order valence-corrected chi connectivity index (χ4v) is 16.5. The first-order chi connectivity index (χ1) is 16.0. The highest BCUT2D eigenvalue weighted by Crippen LogP contribution is 2.69. The van der Waals surface area contributed by atoms with E-state index >= 15 is 0 Å². The topological polar surface area (TPSA) is 66.6 Å². The zero-order valence-corrected chi connectivity index (χ0v) is 24.2. The molecule has 4 aliphatic carbocycles. The minimum atomic E-state index is -2.21. The van der Waals surface area contributed by atoms with Crippen LogP contribution in [0.5, 0.6) is 0 Å². The van der Waals surface area contributed by atoms with Crippen LogP contribution < -0.4 is 0 Å². The van der Waals surface area contributed by atoms with E-state index in [0.29, 0.717) is 16.6 Å². The zero-order valence-electron chi connectivity index (χ0n) is 22.3. The molecule has 6 rings (SSSR count). The lowest BCUT2D eigenvalue weighted by Gasteiger charge is -2.58. The van der Waals surface area contributed by atoms with Crippen molar-refractivity contribution in [2.75, 3.05) is 0 Å². The summed E-state index contributed by atoms with van der Waals surface area (Å²) in [6.07, 6.45) is 7.84. The Labute approximate surface area is 208 Å². The fourth-order valence-electron chi connectivity index (χ4n) is 8.70. The van der Waals surface area contributed by atoms with Crippen molar-refractivity contribution in [2.45, 2.75) is 116 Å². The maximum absolute atomic E-state index is 12.7. The second-order valence-electron chi connectivity index (χ2n) is 12.8. The van der Waals surface area contributed by atoms with Crippen LogP contribution in [0, 0.1) is 23.2 Å². The second kappa shape index (κ2) is 8.50. The van der Waals surface area contributed by atoms with Gasteiger partial charge in [-0.3, -0.25) is 4.79 Å². The van der Waals surface area contributed by atoms with Crippen LogP contribution in [0.4, 0.5) is 0 Å². The molecule has 34 heavy (non-hydrogen) atoms. The molecule has 2 atom stereocenters. The van der Waals surface area contributed by atoms with E-state index in [1.54, 1.807) is 11.7 Å². The van der Waals surface area contributed by atoms with E-state index in [1.807, 2.05) is 6.92 Å². The normalized spacial score (nSPS) is 37.8. The molecule has 188 valence electrons. The summed E-state index contributed by atoms with van der Waals surface area (Å²) < 4.78 is 9.36. The van der Waals surface area contributed by atoms with E-state index in [9.17, 15) is 4.79 Å². The van der Waals surface area contributed by atoms with Gasteiger partial charge in [-0.2, -0.15) is 10.2 Å². The van der Waals surface area contributed by atoms with Crippen LogP contribution in [0.3, 0.4) is 0 Å². The predicted octanol–water partition coefficient (Wildman–Crippen LogP) is 7.99. The smallest absolute Gasteiger partial charge is 0.258 e. The lowest BCUT2D eigenvalue weighted by molar-refractivity contribution is -0.124. The zero-order chi connectivity index (χ0) is 24.6. The minimum Gasteiger partial charge on any atom is -0.544 e. The SMILES string of the molecule is CC(=O)N1N=C(C)C2N=N/C(=C(\O[Si](C(C)C)(C(C)C)C(C)C)C34CC5CC(CC(C5)C3)C4)P21. The fraction of sp³-hybridized carbons (Fsp3) is 0.846. The van der Waals surface area contributed by atoms with Gasteiger partial charge in [0.2, 0.25) is 5.91 Å². The molecule has 6 aliphatic rings. The third-order valence-electron chi connectivity index (χ3n) is 9.53. The van der Waals surface area contributed by atoms with Crippen molar-refractivity contribution in [3.8, 4) is 0 Å². The molecule has 0 saturated heterocycles. The average Bonchev–Trinajstić information content (AvgIpc) is 3.28. The van der Waals surface area contributed by atoms with E-state index in [-0.39, 0.29) is 17.1 Å². The van der Waals surface area contributed by atoms with Gasteiger partial charge in [-0.25, -0.2) is 4.78 Å². The van der Waals surface area contributed by atoms with Crippen LogP contribution in [0.25, 0.3) is 0 Å². The van der Waals surface area contributed by atoms with Crippen LogP contribution in [-0.2, 0) is 9.22 Å². The number of fused-ring (bicyclic) bond motifs is 1. The quantitative estimate of drug-likeness (QED) is 0.210. The van der Waals surface area contributed by atoms with Gasteiger partial charge in [0.1, 0.15) is 19.3 Å². The molecule has 0 spiro atoms. The van der Waals surface area contributed by atoms with E-state index in [4.69, 9.17) is 14.7 Å². The molecule has 0 aromatic rings. The summed E-state index contributed by atoms with van der Waals surface area (Å²) in [4.78, 5) is 12.7. The van der Waals surface area contributed by atoms with Gasteiger partial charge in [-0.05, 0) is 79.8 Å². The van der Waals surface area contributed by atoms with Crippen molar-refractivity contribution in [1.82, 2.24) is 4.78 Å². The number of carbonyl (C=O) groups is 1. The van der Waals surface area contributed by atoms with Gasteiger partial charge in [0.05, 0.1) is 5.71 Å². The molecule has 4 bridgehead atoms. The number of azo groups is 1. The van der Waals surface area contributed by atoms with E-state index in [2.05, 4.69) is 46.6 Å². The lowest BCUT2D eigenvalue weighted by Crippen LogP contribution is -2.53. The van der Waals surface area contributed by atoms with Crippen molar-refractivity contribution in [1.29, 1.82) is 0 Å². The molecule has 0 aromatic heterocycles. The molecule has 0 aromatic carbocycles. The van der Waals surface area contributed by atoms with Crippen LogP contribution in [0.2, 0.25) is 16.6 Å². The van der Waals surface area contributed by atoms with Gasteiger partial charge >= 0.3 is 0 Å². The van der Waals surface area contributed by atoms with Gasteiger partial charge in [-0.1, -0.05) is 41.5 Å². The van der Waals surface area contributed by atoms with Crippen molar-refractivity contribution in [3.63, 3.8) is 0 Å². The Morgan fingerprint density at radius 1 is 1.00 bits per heavy atom. The lowest BCUT2D eigenvalue weighted by atomic mass is 9.49. The molecule has 6 nitrogen and oxygen atoms in total. The van der Waals surface area contributed by atoms with Gasteiger partial charge in [0, 0.05) is 12.3 Å². The summed E-state index contributed by atoms with van der Waals surface area (Å²) in [6.45, 7) is 17.8. The average molecular weight is 503 g/mol. The molecule has 4 saturated carbocycles.